The van der Waals surface area contributed by atoms with Crippen molar-refractivity contribution in [2.24, 2.45) is 5.73 Å². The maximum Gasteiger partial charge on any atom is 0.234 e. The highest BCUT2D eigenvalue weighted by Crippen LogP contribution is 1.98. The summed E-state index contributed by atoms with van der Waals surface area (Å²) in [6.45, 7) is 4.16. The van der Waals surface area contributed by atoms with Gasteiger partial charge >= 0.3 is 0 Å². The number of rotatable bonds is 5. The van der Waals surface area contributed by atoms with Crippen LogP contribution in [0.4, 0.5) is 0 Å². The van der Waals surface area contributed by atoms with Crippen molar-refractivity contribution in [3.05, 3.63) is 0 Å². The highest BCUT2D eigenvalue weighted by Gasteiger charge is 2.14. The zero-order valence-corrected chi connectivity index (χ0v) is 7.95. The van der Waals surface area contributed by atoms with Gasteiger partial charge in [0.1, 0.15) is 0 Å². The predicted octanol–water partition coefficient (Wildman–Crippen LogP) is -0.437. The maximum atomic E-state index is 10.7. The number of hydrogen-bond acceptors (Lipinski definition) is 3. The van der Waals surface area contributed by atoms with Gasteiger partial charge < -0.3 is 10.8 Å². The van der Waals surface area contributed by atoms with E-state index in [0.29, 0.717) is 13.0 Å². The highest BCUT2D eigenvalue weighted by atomic mass is 16.3. The van der Waals surface area contributed by atoms with Crippen LogP contribution >= 0.6 is 0 Å². The Hall–Kier alpha value is -0.610. The molecule has 0 aliphatic heterocycles. The molecule has 0 bridgehead atoms. The summed E-state index contributed by atoms with van der Waals surface area (Å²) in [6, 6.07) is -0.260. The van der Waals surface area contributed by atoms with Crippen LogP contribution in [0, 0.1) is 0 Å². The first-order valence-corrected chi connectivity index (χ1v) is 4.12. The van der Waals surface area contributed by atoms with E-state index in [0.717, 1.165) is 0 Å². The van der Waals surface area contributed by atoms with E-state index >= 15 is 0 Å². The van der Waals surface area contributed by atoms with Crippen LogP contribution in [0.1, 0.15) is 20.3 Å². The van der Waals surface area contributed by atoms with Gasteiger partial charge in [-0.05, 0) is 27.3 Å². The number of amides is 1. The van der Waals surface area contributed by atoms with Crippen LogP contribution in [0.2, 0.25) is 0 Å². The Kier molecular flexibility index (Phi) is 4.85. The van der Waals surface area contributed by atoms with Gasteiger partial charge in [-0.1, -0.05) is 0 Å². The van der Waals surface area contributed by atoms with E-state index < -0.39 is 0 Å². The summed E-state index contributed by atoms with van der Waals surface area (Å²) in [6.07, 6.45) is 0.334. The summed E-state index contributed by atoms with van der Waals surface area (Å²) in [7, 11) is 1.82. The number of nitrogens with zero attached hydrogens (tertiary/aromatic N) is 1. The molecule has 0 radical (unpaired) electrons. The molecule has 2 atom stereocenters. The molecule has 0 spiro atoms. The van der Waals surface area contributed by atoms with Crippen LogP contribution in [0.15, 0.2) is 0 Å². The molecule has 0 heterocycles. The molecule has 4 heteroatoms. The zero-order chi connectivity index (χ0) is 9.72. The Balaban J connectivity index is 3.71. The Morgan fingerprint density at radius 2 is 2.08 bits per heavy atom. The molecule has 1 amide bonds. The molecular formula is C8H18N2O2. The van der Waals surface area contributed by atoms with Crippen LogP contribution in [-0.4, -0.2) is 41.7 Å². The van der Waals surface area contributed by atoms with E-state index in [2.05, 4.69) is 0 Å². The third kappa shape index (κ3) is 4.31. The van der Waals surface area contributed by atoms with Crippen molar-refractivity contribution in [3.8, 4) is 0 Å². The molecule has 0 aromatic carbocycles. The number of hydrogen-bond donors (Lipinski definition) is 2. The van der Waals surface area contributed by atoms with E-state index in [1.54, 1.807) is 13.8 Å². The van der Waals surface area contributed by atoms with E-state index in [1.807, 2.05) is 11.9 Å². The molecule has 0 rings (SSSR count). The number of likely N-dealkylation sites (N-methyl/N-ethyl adjacent to an activating group) is 1. The fourth-order valence-electron chi connectivity index (χ4n) is 0.801. The Bertz CT molecular complexity index is 148. The van der Waals surface area contributed by atoms with Gasteiger partial charge in [0.2, 0.25) is 5.91 Å². The van der Waals surface area contributed by atoms with Crippen LogP contribution in [0.25, 0.3) is 0 Å². The highest BCUT2D eigenvalue weighted by molar-refractivity contribution is 5.79. The van der Waals surface area contributed by atoms with Crippen LogP contribution in [0.3, 0.4) is 0 Å². The summed E-state index contributed by atoms with van der Waals surface area (Å²) in [5.74, 6) is -0.330. The lowest BCUT2D eigenvalue weighted by molar-refractivity contribution is -0.122. The molecule has 3 N–H and O–H groups in total. The summed E-state index contributed by atoms with van der Waals surface area (Å²) in [5, 5.41) is 8.98. The van der Waals surface area contributed by atoms with Crippen molar-refractivity contribution in [1.29, 1.82) is 0 Å². The number of primary amides is 1. The molecular weight excluding hydrogens is 156 g/mol. The standard InChI is InChI=1S/C8H18N2O2/c1-6(11)4-5-10(3)7(2)8(9)12/h6-7,11H,4-5H2,1-3H3,(H2,9,12). The SMILES string of the molecule is CC(O)CCN(C)C(C)C(N)=O. The van der Waals surface area contributed by atoms with Crippen molar-refractivity contribution in [3.63, 3.8) is 0 Å². The zero-order valence-electron chi connectivity index (χ0n) is 7.95. The normalized spacial score (nSPS) is 16.1. The lowest BCUT2D eigenvalue weighted by atomic mass is 10.2. The lowest BCUT2D eigenvalue weighted by Crippen LogP contribution is -2.41. The molecule has 0 aliphatic carbocycles. The van der Waals surface area contributed by atoms with E-state index in [4.69, 9.17) is 10.8 Å². The van der Waals surface area contributed by atoms with Gasteiger partial charge in [0.05, 0.1) is 12.1 Å². The van der Waals surface area contributed by atoms with E-state index in [9.17, 15) is 4.79 Å². The van der Waals surface area contributed by atoms with Gasteiger partial charge in [-0.3, -0.25) is 9.69 Å². The molecule has 0 aliphatic rings. The summed E-state index contributed by atoms with van der Waals surface area (Å²) in [5.41, 5.74) is 5.10. The average molecular weight is 174 g/mol. The number of aliphatic hydroxyl groups is 1. The van der Waals surface area contributed by atoms with Gasteiger partial charge in [-0.25, -0.2) is 0 Å². The van der Waals surface area contributed by atoms with Crippen molar-refractivity contribution >= 4 is 5.91 Å². The maximum absolute atomic E-state index is 10.7. The Morgan fingerprint density at radius 3 is 2.42 bits per heavy atom. The molecule has 0 saturated carbocycles. The molecule has 12 heavy (non-hydrogen) atoms. The minimum atomic E-state index is -0.330. The molecule has 4 nitrogen and oxygen atoms in total. The fraction of sp³-hybridized carbons (Fsp3) is 0.875. The van der Waals surface area contributed by atoms with E-state index in [-0.39, 0.29) is 18.1 Å². The number of carbonyl (C=O) groups is 1. The minimum Gasteiger partial charge on any atom is -0.393 e. The van der Waals surface area contributed by atoms with Gasteiger partial charge in [-0.2, -0.15) is 0 Å². The quantitative estimate of drug-likeness (QED) is 0.594. The molecule has 0 aromatic heterocycles. The third-order valence-corrected chi connectivity index (χ3v) is 1.97. The van der Waals surface area contributed by atoms with Crippen LogP contribution < -0.4 is 5.73 Å². The van der Waals surface area contributed by atoms with Crippen molar-refractivity contribution < 1.29 is 9.90 Å². The molecule has 0 saturated heterocycles. The monoisotopic (exact) mass is 174 g/mol. The van der Waals surface area contributed by atoms with E-state index in [1.165, 1.54) is 0 Å². The number of aliphatic hydroxyl groups excluding tert-OH is 1. The van der Waals surface area contributed by atoms with Gasteiger partial charge in [-0.15, -0.1) is 0 Å². The largest absolute Gasteiger partial charge is 0.393 e. The van der Waals surface area contributed by atoms with Crippen LogP contribution in [-0.2, 0) is 4.79 Å². The third-order valence-electron chi connectivity index (χ3n) is 1.97. The average Bonchev–Trinajstić information content (AvgIpc) is 1.98. The molecule has 72 valence electrons. The first-order chi connectivity index (χ1) is 5.45. The molecule has 0 fully saturated rings. The first kappa shape index (κ1) is 11.4. The Labute approximate surface area is 73.3 Å². The number of nitrogens with two attached hydrogens (primary N) is 1. The summed E-state index contributed by atoms with van der Waals surface area (Å²) in [4.78, 5) is 12.5. The molecule has 2 unspecified atom stereocenters. The smallest absolute Gasteiger partial charge is 0.234 e. The number of carbonyl (C=O) groups excluding carboxylic acids is 1. The minimum absolute atomic E-state index is 0.260. The summed E-state index contributed by atoms with van der Waals surface area (Å²) < 4.78 is 0. The predicted molar refractivity (Wildman–Crippen MR) is 47.6 cm³/mol. The second-order valence-corrected chi connectivity index (χ2v) is 3.20. The van der Waals surface area contributed by atoms with Gasteiger partial charge in [0.25, 0.3) is 0 Å². The lowest BCUT2D eigenvalue weighted by Gasteiger charge is -2.22. The van der Waals surface area contributed by atoms with Crippen molar-refractivity contribution in [1.82, 2.24) is 4.90 Å². The van der Waals surface area contributed by atoms with Crippen LogP contribution in [0.5, 0.6) is 0 Å². The van der Waals surface area contributed by atoms with Crippen molar-refractivity contribution in [2.75, 3.05) is 13.6 Å². The summed E-state index contributed by atoms with van der Waals surface area (Å²) >= 11 is 0. The second kappa shape index (κ2) is 5.11. The topological polar surface area (TPSA) is 66.6 Å². The van der Waals surface area contributed by atoms with Crippen molar-refractivity contribution in [2.45, 2.75) is 32.4 Å². The van der Waals surface area contributed by atoms with Gasteiger partial charge in [0.15, 0.2) is 0 Å². The van der Waals surface area contributed by atoms with Gasteiger partial charge in [0, 0.05) is 6.54 Å². The fourth-order valence-corrected chi connectivity index (χ4v) is 0.801. The Morgan fingerprint density at radius 1 is 1.58 bits per heavy atom. The molecule has 0 aromatic rings. The second-order valence-electron chi connectivity index (χ2n) is 3.20. The first-order valence-electron chi connectivity index (χ1n) is 4.12.